The van der Waals surface area contributed by atoms with Crippen molar-refractivity contribution in [3.8, 4) is 6.07 Å². The van der Waals surface area contributed by atoms with Crippen molar-refractivity contribution < 1.29 is 0 Å². The van der Waals surface area contributed by atoms with Crippen LogP contribution >= 0.6 is 15.9 Å². The van der Waals surface area contributed by atoms with E-state index in [0.717, 1.165) is 22.2 Å². The van der Waals surface area contributed by atoms with Gasteiger partial charge in [0.25, 0.3) is 0 Å². The van der Waals surface area contributed by atoms with Gasteiger partial charge in [-0.1, -0.05) is 28.1 Å². The summed E-state index contributed by atoms with van der Waals surface area (Å²) < 4.78 is 1.14. The van der Waals surface area contributed by atoms with Gasteiger partial charge in [-0.3, -0.25) is 0 Å². The normalized spacial score (nSPS) is 46.8. The van der Waals surface area contributed by atoms with Gasteiger partial charge in [0.05, 0.1) is 12.0 Å². The van der Waals surface area contributed by atoms with Gasteiger partial charge in [-0.2, -0.15) is 5.26 Å². The predicted octanol–water partition coefficient (Wildman–Crippen LogP) is 3.57. The second-order valence-corrected chi connectivity index (χ2v) is 6.37. The Hall–Kier alpha value is -0.810. The zero-order valence-electron chi connectivity index (χ0n) is 8.81. The van der Waals surface area contributed by atoms with E-state index in [0.29, 0.717) is 17.8 Å². The summed E-state index contributed by atoms with van der Waals surface area (Å²) in [6.07, 6.45) is 1.31. The van der Waals surface area contributed by atoms with E-state index in [1.54, 1.807) is 0 Å². The van der Waals surface area contributed by atoms with Gasteiger partial charge in [0.2, 0.25) is 0 Å². The van der Waals surface area contributed by atoms with Crippen molar-refractivity contribution in [2.75, 3.05) is 0 Å². The molecule has 4 aliphatic carbocycles. The van der Waals surface area contributed by atoms with Crippen molar-refractivity contribution in [3.05, 3.63) is 34.3 Å². The standard InChI is InChI=1S/C14H12BrN/c15-8-3-1-7(2-4-8)12-9-5-10-13(14(10)12)11(9)6-16/h1-4,9-14H,5H2/t9-,10-,11+,12-,13-,14-/m0/s1. The van der Waals surface area contributed by atoms with Crippen LogP contribution in [-0.4, -0.2) is 0 Å². The molecule has 0 aromatic heterocycles. The van der Waals surface area contributed by atoms with Crippen LogP contribution in [0.1, 0.15) is 17.9 Å². The van der Waals surface area contributed by atoms with E-state index < -0.39 is 0 Å². The van der Waals surface area contributed by atoms with Crippen LogP contribution in [0.15, 0.2) is 28.7 Å². The van der Waals surface area contributed by atoms with Crippen LogP contribution in [0.25, 0.3) is 0 Å². The van der Waals surface area contributed by atoms with Crippen LogP contribution in [0.4, 0.5) is 0 Å². The van der Waals surface area contributed by atoms with E-state index in [9.17, 15) is 5.26 Å². The van der Waals surface area contributed by atoms with Crippen molar-refractivity contribution in [2.45, 2.75) is 12.3 Å². The van der Waals surface area contributed by atoms with Crippen LogP contribution < -0.4 is 0 Å². The predicted molar refractivity (Wildman–Crippen MR) is 64.6 cm³/mol. The van der Waals surface area contributed by atoms with Gasteiger partial charge in [0.1, 0.15) is 0 Å². The third-order valence-electron chi connectivity index (χ3n) is 4.99. The Labute approximate surface area is 104 Å². The molecule has 0 spiro atoms. The van der Waals surface area contributed by atoms with Gasteiger partial charge in [-0.05, 0) is 53.7 Å². The maximum Gasteiger partial charge on any atom is 0.0662 e. The highest BCUT2D eigenvalue weighted by Gasteiger charge is 2.73. The summed E-state index contributed by atoms with van der Waals surface area (Å²) in [5.74, 6) is 4.20. The molecule has 6 atom stereocenters. The molecule has 4 fully saturated rings. The van der Waals surface area contributed by atoms with Crippen molar-refractivity contribution >= 4 is 15.9 Å². The average Bonchev–Trinajstić information content (AvgIpc) is 2.67. The van der Waals surface area contributed by atoms with Crippen molar-refractivity contribution in [1.82, 2.24) is 0 Å². The molecule has 0 saturated heterocycles. The third-order valence-corrected chi connectivity index (χ3v) is 5.52. The lowest BCUT2D eigenvalue weighted by atomic mass is 9.87. The monoisotopic (exact) mass is 273 g/mol. The Bertz CT molecular complexity index is 486. The van der Waals surface area contributed by atoms with Gasteiger partial charge in [0, 0.05) is 4.47 Å². The molecule has 80 valence electrons. The summed E-state index contributed by atoms with van der Waals surface area (Å²) in [5.41, 5.74) is 1.46. The number of nitriles is 1. The first-order valence-corrected chi connectivity index (χ1v) is 6.75. The molecule has 0 heterocycles. The van der Waals surface area contributed by atoms with Gasteiger partial charge >= 0.3 is 0 Å². The van der Waals surface area contributed by atoms with Gasteiger partial charge in [0.15, 0.2) is 0 Å². The van der Waals surface area contributed by atoms with E-state index in [-0.39, 0.29) is 0 Å². The van der Waals surface area contributed by atoms with E-state index in [1.807, 2.05) is 0 Å². The highest BCUT2D eigenvalue weighted by atomic mass is 79.9. The molecule has 0 N–H and O–H groups in total. The molecule has 0 amide bonds. The van der Waals surface area contributed by atoms with Crippen LogP contribution in [0.3, 0.4) is 0 Å². The summed E-state index contributed by atoms with van der Waals surface area (Å²) in [5, 5.41) is 9.21. The fourth-order valence-electron chi connectivity index (χ4n) is 4.49. The zero-order valence-corrected chi connectivity index (χ0v) is 10.4. The maximum atomic E-state index is 9.21. The van der Waals surface area contributed by atoms with Crippen molar-refractivity contribution in [3.63, 3.8) is 0 Å². The number of hydrogen-bond donors (Lipinski definition) is 0. The summed E-state index contributed by atoms with van der Waals surface area (Å²) in [6.45, 7) is 0. The second kappa shape index (κ2) is 2.90. The first-order chi connectivity index (χ1) is 7.81. The molecule has 16 heavy (non-hydrogen) atoms. The molecular formula is C14H12BrN. The van der Waals surface area contributed by atoms with E-state index in [1.165, 1.54) is 12.0 Å². The smallest absolute Gasteiger partial charge is 0.0662 e. The third kappa shape index (κ3) is 0.960. The van der Waals surface area contributed by atoms with Gasteiger partial charge in [-0.25, -0.2) is 0 Å². The Balaban J connectivity index is 1.72. The number of hydrogen-bond acceptors (Lipinski definition) is 1. The minimum Gasteiger partial charge on any atom is -0.198 e. The van der Waals surface area contributed by atoms with Gasteiger partial charge < -0.3 is 0 Å². The topological polar surface area (TPSA) is 23.8 Å². The maximum absolute atomic E-state index is 9.21. The number of rotatable bonds is 1. The Morgan fingerprint density at radius 2 is 1.88 bits per heavy atom. The van der Waals surface area contributed by atoms with Crippen LogP contribution in [0.5, 0.6) is 0 Å². The first kappa shape index (κ1) is 9.24. The number of nitrogens with zero attached hydrogens (tertiary/aromatic N) is 1. The molecule has 4 saturated carbocycles. The Morgan fingerprint density at radius 3 is 2.44 bits per heavy atom. The molecule has 0 unspecified atom stereocenters. The average molecular weight is 274 g/mol. The van der Waals surface area contributed by atoms with Crippen LogP contribution in [-0.2, 0) is 0 Å². The highest BCUT2D eigenvalue weighted by molar-refractivity contribution is 9.10. The first-order valence-electron chi connectivity index (χ1n) is 5.96. The molecule has 4 aliphatic rings. The number of benzene rings is 1. The lowest BCUT2D eigenvalue weighted by Gasteiger charge is -2.16. The molecule has 5 rings (SSSR count). The van der Waals surface area contributed by atoms with Gasteiger partial charge in [-0.15, -0.1) is 0 Å². The molecule has 1 aromatic carbocycles. The van der Waals surface area contributed by atoms with E-state index in [2.05, 4.69) is 46.3 Å². The molecule has 4 bridgehead atoms. The molecule has 1 aromatic rings. The summed E-state index contributed by atoms with van der Waals surface area (Å²) in [7, 11) is 0. The second-order valence-electron chi connectivity index (χ2n) is 5.45. The van der Waals surface area contributed by atoms with Crippen molar-refractivity contribution in [1.29, 1.82) is 5.26 Å². The molecular weight excluding hydrogens is 262 g/mol. The zero-order chi connectivity index (χ0) is 10.9. The fourth-order valence-corrected chi connectivity index (χ4v) is 4.76. The lowest BCUT2D eigenvalue weighted by molar-refractivity contribution is 0.464. The molecule has 0 aliphatic heterocycles. The fraction of sp³-hybridized carbons (Fsp3) is 0.500. The van der Waals surface area contributed by atoms with Crippen LogP contribution in [0.2, 0.25) is 0 Å². The van der Waals surface area contributed by atoms with Crippen molar-refractivity contribution in [2.24, 2.45) is 29.6 Å². The SMILES string of the molecule is N#C[C@@H]1[C@@H]2C[C@H]3[C@@H]1[C@@H]3[C@H]2c1ccc(Br)cc1. The summed E-state index contributed by atoms with van der Waals surface area (Å²) in [4.78, 5) is 0. The number of halogens is 1. The summed E-state index contributed by atoms with van der Waals surface area (Å²) in [6, 6.07) is 11.3. The molecule has 2 heteroatoms. The Morgan fingerprint density at radius 1 is 1.12 bits per heavy atom. The minimum absolute atomic E-state index is 0.364. The molecule has 0 radical (unpaired) electrons. The Kier molecular flexibility index (Phi) is 1.67. The largest absolute Gasteiger partial charge is 0.198 e. The molecule has 1 nitrogen and oxygen atoms in total. The highest BCUT2D eigenvalue weighted by Crippen LogP contribution is 2.78. The van der Waals surface area contributed by atoms with E-state index in [4.69, 9.17) is 0 Å². The quantitative estimate of drug-likeness (QED) is 0.768. The lowest BCUT2D eigenvalue weighted by Crippen LogP contribution is -2.09. The van der Waals surface area contributed by atoms with E-state index >= 15 is 0 Å². The van der Waals surface area contributed by atoms with Crippen LogP contribution in [0, 0.1) is 40.9 Å². The minimum atomic E-state index is 0.364. The summed E-state index contributed by atoms with van der Waals surface area (Å²) >= 11 is 3.48.